The highest BCUT2D eigenvalue weighted by atomic mass is 35.7. The normalized spacial score (nSPS) is 18.0. The van der Waals surface area contributed by atoms with Crippen molar-refractivity contribution in [2.45, 2.75) is 37.1 Å². The maximum absolute atomic E-state index is 11.7. The van der Waals surface area contributed by atoms with Gasteiger partial charge in [-0.05, 0) is 24.6 Å². The number of hydrogen-bond acceptors (Lipinski definition) is 4. The van der Waals surface area contributed by atoms with Gasteiger partial charge in [-0.2, -0.15) is 0 Å². The predicted octanol–water partition coefficient (Wildman–Crippen LogP) is 2.35. The third-order valence-corrected chi connectivity index (χ3v) is 4.47. The molecule has 0 saturated heterocycles. The van der Waals surface area contributed by atoms with Crippen molar-refractivity contribution < 1.29 is 17.9 Å². The second-order valence-electron chi connectivity index (χ2n) is 4.64. The molecule has 1 heterocycles. The molecule has 1 aromatic carbocycles. The summed E-state index contributed by atoms with van der Waals surface area (Å²) in [7, 11) is 1.55. The summed E-state index contributed by atoms with van der Waals surface area (Å²) >= 11 is 0. The van der Waals surface area contributed by atoms with Crippen molar-refractivity contribution in [2.24, 2.45) is 0 Å². The highest BCUT2D eigenvalue weighted by molar-refractivity contribution is 8.13. The number of nitrogens with one attached hydrogen (secondary N) is 1. The summed E-state index contributed by atoms with van der Waals surface area (Å²) in [6.07, 6.45) is 1.81. The van der Waals surface area contributed by atoms with Crippen LogP contribution in [-0.4, -0.2) is 20.9 Å². The van der Waals surface area contributed by atoms with Crippen LogP contribution in [0.4, 0.5) is 0 Å². The summed E-state index contributed by atoms with van der Waals surface area (Å²) in [4.78, 5) is 11.7. The fraction of sp³-hybridized carbons (Fsp3) is 0.462. The van der Waals surface area contributed by atoms with Crippen LogP contribution in [0.3, 0.4) is 0 Å². The number of fused-ring (bicyclic) bond motifs is 1. The summed E-state index contributed by atoms with van der Waals surface area (Å²) in [6.45, 7) is 2.41. The molecule has 0 bridgehead atoms. The summed E-state index contributed by atoms with van der Waals surface area (Å²) < 4.78 is 28.2. The van der Waals surface area contributed by atoms with E-state index in [0.29, 0.717) is 30.8 Å². The molecular weight excluding hydrogens is 302 g/mol. The van der Waals surface area contributed by atoms with Crippen LogP contribution in [0.2, 0.25) is 0 Å². The first-order chi connectivity index (χ1) is 9.41. The number of carbonyl (C=O) groups is 1. The van der Waals surface area contributed by atoms with Gasteiger partial charge in [0.25, 0.3) is 9.05 Å². The van der Waals surface area contributed by atoms with Gasteiger partial charge in [-0.25, -0.2) is 8.42 Å². The predicted molar refractivity (Wildman–Crippen MR) is 75.4 cm³/mol. The molecule has 0 radical (unpaired) electrons. The van der Waals surface area contributed by atoms with Gasteiger partial charge in [0.2, 0.25) is 5.91 Å². The second kappa shape index (κ2) is 6.01. The molecule has 0 spiro atoms. The van der Waals surface area contributed by atoms with Crippen LogP contribution in [0.25, 0.3) is 0 Å². The van der Waals surface area contributed by atoms with E-state index in [9.17, 15) is 13.2 Å². The zero-order valence-corrected chi connectivity index (χ0v) is 12.6. The molecule has 1 amide bonds. The van der Waals surface area contributed by atoms with E-state index in [0.717, 1.165) is 6.42 Å². The zero-order chi connectivity index (χ0) is 14.8. The van der Waals surface area contributed by atoms with Crippen LogP contribution < -0.4 is 10.1 Å². The lowest BCUT2D eigenvalue weighted by atomic mass is 10.0. The first kappa shape index (κ1) is 15.1. The van der Waals surface area contributed by atoms with E-state index < -0.39 is 9.05 Å². The number of benzene rings is 1. The smallest absolute Gasteiger partial charge is 0.261 e. The monoisotopic (exact) mass is 317 g/mol. The first-order valence-corrected chi connectivity index (χ1v) is 8.73. The van der Waals surface area contributed by atoms with Gasteiger partial charge in [0.1, 0.15) is 5.75 Å². The number of rotatable bonds is 4. The Hall–Kier alpha value is -1.27. The van der Waals surface area contributed by atoms with Crippen LogP contribution in [0.1, 0.15) is 37.8 Å². The highest BCUT2D eigenvalue weighted by Crippen LogP contribution is 2.34. The second-order valence-corrected chi connectivity index (χ2v) is 7.21. The summed E-state index contributed by atoms with van der Waals surface area (Å²) in [5, 5.41) is 2.90. The van der Waals surface area contributed by atoms with Crippen molar-refractivity contribution in [2.75, 3.05) is 6.61 Å². The Kier molecular flexibility index (Phi) is 4.55. The Morgan fingerprint density at radius 2 is 2.25 bits per heavy atom. The van der Waals surface area contributed by atoms with Gasteiger partial charge in [0.05, 0.1) is 17.5 Å². The van der Waals surface area contributed by atoms with E-state index in [2.05, 4.69) is 5.32 Å². The van der Waals surface area contributed by atoms with Gasteiger partial charge in [-0.3, -0.25) is 4.79 Å². The standard InChI is InChI=1S/C13H16ClNO4S/c1-2-3-13(16)15-11-6-7-19-12-5-4-9(8-10(11)12)20(14,17)18/h4-5,8,11H,2-3,6-7H2,1H3,(H,15,16). The number of amides is 1. The highest BCUT2D eigenvalue weighted by Gasteiger charge is 2.25. The Labute approximate surface area is 122 Å². The fourth-order valence-electron chi connectivity index (χ4n) is 2.17. The minimum absolute atomic E-state index is 0.0122. The molecule has 0 aliphatic carbocycles. The fourth-order valence-corrected chi connectivity index (χ4v) is 2.95. The van der Waals surface area contributed by atoms with Crippen molar-refractivity contribution >= 4 is 25.6 Å². The molecule has 1 aliphatic rings. The van der Waals surface area contributed by atoms with Crippen molar-refractivity contribution in [1.82, 2.24) is 5.32 Å². The lowest BCUT2D eigenvalue weighted by Gasteiger charge is -2.27. The lowest BCUT2D eigenvalue weighted by Crippen LogP contribution is -2.32. The van der Waals surface area contributed by atoms with Gasteiger partial charge in [-0.1, -0.05) is 6.92 Å². The Morgan fingerprint density at radius 1 is 1.50 bits per heavy atom. The maximum Gasteiger partial charge on any atom is 0.261 e. The average Bonchev–Trinajstić information content (AvgIpc) is 2.38. The largest absolute Gasteiger partial charge is 0.493 e. The molecule has 0 aromatic heterocycles. The molecule has 1 N–H and O–H groups in total. The quantitative estimate of drug-likeness (QED) is 0.865. The molecule has 110 valence electrons. The molecule has 7 heteroatoms. The van der Waals surface area contributed by atoms with Crippen molar-refractivity contribution in [1.29, 1.82) is 0 Å². The lowest BCUT2D eigenvalue weighted by molar-refractivity contribution is -0.122. The number of halogens is 1. The van der Waals surface area contributed by atoms with E-state index in [1.165, 1.54) is 12.1 Å². The molecule has 1 aromatic rings. The Morgan fingerprint density at radius 3 is 2.90 bits per heavy atom. The molecule has 1 unspecified atom stereocenters. The molecule has 2 rings (SSSR count). The molecule has 0 saturated carbocycles. The summed E-state index contributed by atoms with van der Waals surface area (Å²) in [5.41, 5.74) is 0.655. The van der Waals surface area contributed by atoms with E-state index in [1.807, 2.05) is 6.92 Å². The van der Waals surface area contributed by atoms with Gasteiger partial charge >= 0.3 is 0 Å². The van der Waals surface area contributed by atoms with Gasteiger partial charge in [-0.15, -0.1) is 0 Å². The third kappa shape index (κ3) is 3.43. The van der Waals surface area contributed by atoms with Crippen LogP contribution in [0.5, 0.6) is 5.75 Å². The maximum atomic E-state index is 11.7. The van der Waals surface area contributed by atoms with Crippen LogP contribution >= 0.6 is 10.7 Å². The van der Waals surface area contributed by atoms with Crippen molar-refractivity contribution in [3.63, 3.8) is 0 Å². The van der Waals surface area contributed by atoms with Crippen LogP contribution in [-0.2, 0) is 13.8 Å². The van der Waals surface area contributed by atoms with Gasteiger partial charge in [0.15, 0.2) is 0 Å². The minimum atomic E-state index is -3.79. The SMILES string of the molecule is CCCC(=O)NC1CCOc2ccc(S(=O)(=O)Cl)cc21. The molecule has 20 heavy (non-hydrogen) atoms. The van der Waals surface area contributed by atoms with Crippen LogP contribution in [0, 0.1) is 0 Å². The van der Waals surface area contributed by atoms with E-state index >= 15 is 0 Å². The number of hydrogen-bond donors (Lipinski definition) is 1. The van der Waals surface area contributed by atoms with Crippen molar-refractivity contribution in [3.05, 3.63) is 23.8 Å². The van der Waals surface area contributed by atoms with Crippen molar-refractivity contribution in [3.8, 4) is 5.75 Å². The molecule has 1 aliphatic heterocycles. The average molecular weight is 318 g/mol. The van der Waals surface area contributed by atoms with Gasteiger partial charge in [0, 0.05) is 29.1 Å². The van der Waals surface area contributed by atoms with E-state index in [-0.39, 0.29) is 16.8 Å². The number of carbonyl (C=O) groups excluding carboxylic acids is 1. The summed E-state index contributed by atoms with van der Waals surface area (Å²) in [5.74, 6) is 0.534. The number of ether oxygens (including phenoxy) is 1. The molecule has 0 fully saturated rings. The summed E-state index contributed by atoms with van der Waals surface area (Å²) in [6, 6.07) is 4.20. The van der Waals surface area contributed by atoms with E-state index in [1.54, 1.807) is 6.07 Å². The zero-order valence-electron chi connectivity index (χ0n) is 11.1. The molecular formula is C13H16ClNO4S. The van der Waals surface area contributed by atoms with Crippen LogP contribution in [0.15, 0.2) is 23.1 Å². The van der Waals surface area contributed by atoms with E-state index in [4.69, 9.17) is 15.4 Å². The Bertz CT molecular complexity index is 615. The van der Waals surface area contributed by atoms with Gasteiger partial charge < -0.3 is 10.1 Å². The third-order valence-electron chi connectivity index (χ3n) is 3.11. The first-order valence-electron chi connectivity index (χ1n) is 6.42. The minimum Gasteiger partial charge on any atom is -0.493 e. The molecule has 1 atom stereocenters. The molecule has 5 nitrogen and oxygen atoms in total. The Balaban J connectivity index is 2.31. The topological polar surface area (TPSA) is 72.5 Å².